The van der Waals surface area contributed by atoms with Gasteiger partial charge in [-0.1, -0.05) is 59.6 Å². The monoisotopic (exact) mass is 509 g/mol. The highest BCUT2D eigenvalue weighted by atomic mass is 35.5. The molecule has 1 aromatic heterocycles. The van der Waals surface area contributed by atoms with Gasteiger partial charge >= 0.3 is 5.97 Å². The van der Waals surface area contributed by atoms with Gasteiger partial charge in [0.15, 0.2) is 0 Å². The van der Waals surface area contributed by atoms with Crippen LogP contribution in [0, 0.1) is 0 Å². The fourth-order valence-corrected chi connectivity index (χ4v) is 3.74. The largest absolute Gasteiger partial charge is 0.497 e. The van der Waals surface area contributed by atoms with Gasteiger partial charge in [-0.25, -0.2) is 9.78 Å². The van der Waals surface area contributed by atoms with E-state index in [1.807, 2.05) is 36.4 Å². The van der Waals surface area contributed by atoms with Gasteiger partial charge in [-0.3, -0.25) is 0 Å². The molecule has 0 saturated heterocycles. The molecule has 0 spiro atoms. The zero-order valence-corrected chi connectivity index (χ0v) is 20.2. The topological polar surface area (TPSA) is 77.9 Å². The summed E-state index contributed by atoms with van der Waals surface area (Å²) in [5, 5.41) is 10.3. The minimum atomic E-state index is -1.12. The van der Waals surface area contributed by atoms with Crippen molar-refractivity contribution in [1.29, 1.82) is 0 Å². The van der Waals surface area contributed by atoms with E-state index in [9.17, 15) is 9.90 Å². The van der Waals surface area contributed by atoms with E-state index in [0.29, 0.717) is 40.1 Å². The number of aromatic carboxylic acids is 1. The van der Waals surface area contributed by atoms with E-state index in [1.54, 1.807) is 43.5 Å². The van der Waals surface area contributed by atoms with Gasteiger partial charge in [0.2, 0.25) is 0 Å². The second kappa shape index (κ2) is 11.1. The molecule has 0 bridgehead atoms. The van der Waals surface area contributed by atoms with Gasteiger partial charge in [0.05, 0.1) is 29.1 Å². The molecule has 4 rings (SSSR count). The van der Waals surface area contributed by atoms with Crippen molar-refractivity contribution in [3.63, 3.8) is 0 Å². The first-order valence-corrected chi connectivity index (χ1v) is 11.4. The van der Waals surface area contributed by atoms with Gasteiger partial charge < -0.3 is 19.3 Å². The number of methoxy groups -OCH3 is 1. The zero-order chi connectivity index (χ0) is 24.8. The first-order valence-electron chi connectivity index (χ1n) is 10.6. The molecule has 3 aromatic carbocycles. The Labute approximate surface area is 212 Å². The maximum atomic E-state index is 11.8. The molecule has 0 saturated carbocycles. The van der Waals surface area contributed by atoms with Crippen LogP contribution in [0.3, 0.4) is 0 Å². The first kappa shape index (κ1) is 24.4. The maximum absolute atomic E-state index is 11.8. The van der Waals surface area contributed by atoms with E-state index in [0.717, 1.165) is 5.56 Å². The second-order valence-electron chi connectivity index (χ2n) is 7.47. The van der Waals surface area contributed by atoms with Crippen molar-refractivity contribution < 1.29 is 24.1 Å². The predicted molar refractivity (Wildman–Crippen MR) is 135 cm³/mol. The summed E-state index contributed by atoms with van der Waals surface area (Å²) >= 11 is 12.3. The minimum Gasteiger partial charge on any atom is -0.497 e. The molecule has 0 aliphatic heterocycles. The predicted octanol–water partition coefficient (Wildman–Crippen LogP) is 6.92. The average molecular weight is 510 g/mol. The summed E-state index contributed by atoms with van der Waals surface area (Å²) in [6, 6.07) is 23.2. The average Bonchev–Trinajstić information content (AvgIpc) is 2.88. The first-order chi connectivity index (χ1) is 17.0. The Morgan fingerprint density at radius 3 is 2.40 bits per heavy atom. The highest BCUT2D eigenvalue weighted by Crippen LogP contribution is 2.35. The van der Waals surface area contributed by atoms with Crippen LogP contribution in [-0.4, -0.2) is 23.2 Å². The van der Waals surface area contributed by atoms with Gasteiger partial charge in [-0.2, -0.15) is 0 Å². The lowest BCUT2D eigenvalue weighted by Gasteiger charge is -2.15. The van der Waals surface area contributed by atoms with Crippen LogP contribution in [0.1, 0.15) is 21.6 Å². The molecular weight excluding hydrogens is 489 g/mol. The summed E-state index contributed by atoms with van der Waals surface area (Å²) in [6.07, 6.45) is 0. The Bertz CT molecular complexity index is 1340. The van der Waals surface area contributed by atoms with Crippen LogP contribution in [0.5, 0.6) is 17.2 Å². The standard InChI is InChI=1S/C27H21Cl2NO5/c1-33-18-10-11-19(25(14-18)34-15-17-6-3-2-4-7-17)22-13-12-20(27(31)32)23(30-22)16-35-24-9-5-8-21(28)26(24)29/h2-14H,15-16H2,1H3,(H,31,32). The molecule has 4 aromatic rings. The van der Waals surface area contributed by atoms with Crippen molar-refractivity contribution in [3.05, 3.63) is 106 Å². The van der Waals surface area contributed by atoms with Gasteiger partial charge in [0, 0.05) is 11.6 Å². The van der Waals surface area contributed by atoms with Gasteiger partial charge in [0.1, 0.15) is 35.5 Å². The molecule has 0 atom stereocenters. The van der Waals surface area contributed by atoms with Crippen molar-refractivity contribution in [1.82, 2.24) is 4.98 Å². The smallest absolute Gasteiger partial charge is 0.337 e. The number of ether oxygens (including phenoxy) is 3. The highest BCUT2D eigenvalue weighted by molar-refractivity contribution is 6.42. The van der Waals surface area contributed by atoms with Crippen molar-refractivity contribution >= 4 is 29.2 Å². The number of hydrogen-bond donors (Lipinski definition) is 1. The number of hydrogen-bond acceptors (Lipinski definition) is 5. The fraction of sp³-hybridized carbons (Fsp3) is 0.111. The third kappa shape index (κ3) is 5.85. The molecule has 8 heteroatoms. The highest BCUT2D eigenvalue weighted by Gasteiger charge is 2.17. The maximum Gasteiger partial charge on any atom is 0.337 e. The van der Waals surface area contributed by atoms with Crippen LogP contribution >= 0.6 is 23.2 Å². The summed E-state index contributed by atoms with van der Waals surface area (Å²) < 4.78 is 17.2. The van der Waals surface area contributed by atoms with Gasteiger partial charge in [-0.15, -0.1) is 0 Å². The Morgan fingerprint density at radius 1 is 0.886 bits per heavy atom. The quantitative estimate of drug-likeness (QED) is 0.263. The number of rotatable bonds is 9. The summed E-state index contributed by atoms with van der Waals surface area (Å²) in [6.45, 7) is 0.226. The third-order valence-electron chi connectivity index (χ3n) is 5.19. The number of carboxylic acid groups (broad SMARTS) is 1. The van der Waals surface area contributed by atoms with Crippen LogP contribution in [0.2, 0.25) is 10.0 Å². The van der Waals surface area contributed by atoms with Crippen molar-refractivity contribution in [2.45, 2.75) is 13.2 Å². The van der Waals surface area contributed by atoms with Crippen LogP contribution in [0.25, 0.3) is 11.3 Å². The van der Waals surface area contributed by atoms with Gasteiger partial charge in [0.25, 0.3) is 0 Å². The molecule has 0 radical (unpaired) electrons. The molecule has 1 heterocycles. The second-order valence-corrected chi connectivity index (χ2v) is 8.26. The van der Waals surface area contributed by atoms with E-state index in [4.69, 9.17) is 37.4 Å². The van der Waals surface area contributed by atoms with E-state index >= 15 is 0 Å². The van der Waals surface area contributed by atoms with Crippen LogP contribution < -0.4 is 14.2 Å². The lowest BCUT2D eigenvalue weighted by Crippen LogP contribution is -2.09. The molecular formula is C27H21Cl2NO5. The van der Waals surface area contributed by atoms with Crippen molar-refractivity contribution in [2.75, 3.05) is 7.11 Å². The molecule has 6 nitrogen and oxygen atoms in total. The molecule has 35 heavy (non-hydrogen) atoms. The van der Waals surface area contributed by atoms with Crippen LogP contribution in [-0.2, 0) is 13.2 Å². The van der Waals surface area contributed by atoms with Crippen molar-refractivity contribution in [3.8, 4) is 28.5 Å². The van der Waals surface area contributed by atoms with Crippen molar-refractivity contribution in [2.24, 2.45) is 0 Å². The minimum absolute atomic E-state index is 0.0205. The number of carboxylic acids is 1. The Hall–Kier alpha value is -3.74. The number of carbonyl (C=O) groups is 1. The van der Waals surface area contributed by atoms with E-state index in [2.05, 4.69) is 4.98 Å². The fourth-order valence-electron chi connectivity index (χ4n) is 3.39. The molecule has 0 aliphatic rings. The van der Waals surface area contributed by atoms with E-state index in [1.165, 1.54) is 6.07 Å². The van der Waals surface area contributed by atoms with Crippen LogP contribution in [0.4, 0.5) is 0 Å². The summed E-state index contributed by atoms with van der Waals surface area (Å²) in [4.78, 5) is 16.4. The van der Waals surface area contributed by atoms with Crippen LogP contribution in [0.15, 0.2) is 78.9 Å². The van der Waals surface area contributed by atoms with Gasteiger partial charge in [-0.05, 0) is 42.0 Å². The lowest BCUT2D eigenvalue weighted by atomic mass is 10.1. The Kier molecular flexibility index (Phi) is 7.75. The lowest BCUT2D eigenvalue weighted by molar-refractivity contribution is 0.0693. The van der Waals surface area contributed by atoms with E-state index in [-0.39, 0.29) is 22.9 Å². The summed E-state index contributed by atoms with van der Waals surface area (Å²) in [5.41, 5.74) is 2.46. The molecule has 0 amide bonds. The summed E-state index contributed by atoms with van der Waals surface area (Å²) in [5.74, 6) is 0.390. The third-order valence-corrected chi connectivity index (χ3v) is 5.99. The normalized spacial score (nSPS) is 10.6. The number of nitrogens with zero attached hydrogens (tertiary/aromatic N) is 1. The Balaban J connectivity index is 1.67. The zero-order valence-electron chi connectivity index (χ0n) is 18.7. The molecule has 178 valence electrons. The molecule has 0 fully saturated rings. The van der Waals surface area contributed by atoms with E-state index < -0.39 is 5.97 Å². The number of benzene rings is 3. The SMILES string of the molecule is COc1ccc(-c2ccc(C(=O)O)c(COc3cccc(Cl)c3Cl)n2)c(OCc2ccccc2)c1. The number of aromatic nitrogens is 1. The molecule has 0 unspecified atom stereocenters. The molecule has 1 N–H and O–H groups in total. The summed E-state index contributed by atoms with van der Waals surface area (Å²) in [7, 11) is 1.58. The number of pyridine rings is 1. The number of halogens is 2. The molecule has 0 aliphatic carbocycles. The Morgan fingerprint density at radius 2 is 1.66 bits per heavy atom.